The molecule has 1 atom stereocenters. The normalized spacial score (nSPS) is 13.8. The van der Waals surface area contributed by atoms with Crippen LogP contribution in [0.15, 0.2) is 59.7 Å². The number of nitrogens with one attached hydrogen (secondary N) is 1. The average molecular weight is 920 g/mol. The number of amides is 4. The predicted molar refractivity (Wildman–Crippen MR) is 239 cm³/mol. The SMILES string of the molecule is CC(C)(C)OC(=O)N=C(c1ccc(CN[C@@H](Cc2ccc([N+](=O)[O-])cc2)C(=O)N2CCc3nn(CC(=O)OCOC(=O)C(C)(C)C)cc3C2)cc1)N(C(=O)OC(C)(C)C)C(=O)OC(C)(C)C. The van der Waals surface area contributed by atoms with Crippen molar-refractivity contribution in [3.8, 4) is 0 Å². The Hall–Kier alpha value is -6.70. The maximum Gasteiger partial charge on any atom is 0.436 e. The van der Waals surface area contributed by atoms with Gasteiger partial charge in [0.15, 0.2) is 5.84 Å². The lowest BCUT2D eigenvalue weighted by Gasteiger charge is -2.30. The highest BCUT2D eigenvalue weighted by molar-refractivity contribution is 6.18. The fourth-order valence-electron chi connectivity index (χ4n) is 6.13. The average Bonchev–Trinajstić information content (AvgIpc) is 3.58. The monoisotopic (exact) mass is 919 g/mol. The molecule has 0 saturated heterocycles. The fourth-order valence-corrected chi connectivity index (χ4v) is 6.13. The van der Waals surface area contributed by atoms with Gasteiger partial charge in [-0.15, -0.1) is 0 Å². The molecule has 20 nitrogen and oxygen atoms in total. The van der Waals surface area contributed by atoms with Gasteiger partial charge in [0.1, 0.15) is 23.3 Å². The van der Waals surface area contributed by atoms with Gasteiger partial charge in [0, 0.05) is 55.5 Å². The molecule has 2 aromatic carbocycles. The number of aromatic nitrogens is 2. The number of benzene rings is 2. The van der Waals surface area contributed by atoms with E-state index in [-0.39, 0.29) is 43.2 Å². The molecule has 3 aromatic rings. The number of hydrogen-bond acceptors (Lipinski definition) is 15. The summed E-state index contributed by atoms with van der Waals surface area (Å²) in [5.74, 6) is -1.86. The van der Waals surface area contributed by atoms with Crippen LogP contribution in [0, 0.1) is 15.5 Å². The summed E-state index contributed by atoms with van der Waals surface area (Å²) in [6.07, 6.45) is -1.15. The summed E-state index contributed by atoms with van der Waals surface area (Å²) in [7, 11) is 0. The molecule has 358 valence electrons. The molecule has 0 aliphatic carbocycles. The van der Waals surface area contributed by atoms with Crippen molar-refractivity contribution in [1.82, 2.24) is 24.9 Å². The first-order valence-electron chi connectivity index (χ1n) is 21.3. The summed E-state index contributed by atoms with van der Waals surface area (Å²) in [6, 6.07) is 11.5. The molecule has 1 aliphatic rings. The molecule has 66 heavy (non-hydrogen) atoms. The van der Waals surface area contributed by atoms with Crippen molar-refractivity contribution in [3.63, 3.8) is 0 Å². The lowest BCUT2D eigenvalue weighted by molar-refractivity contribution is -0.384. The number of carbonyl (C=O) groups excluding carboxylic acids is 6. The van der Waals surface area contributed by atoms with Crippen LogP contribution in [0.1, 0.15) is 111 Å². The first-order chi connectivity index (χ1) is 30.5. The fraction of sp³-hybridized carbons (Fsp3) is 0.522. The summed E-state index contributed by atoms with van der Waals surface area (Å²) in [4.78, 5) is 96.4. The maximum atomic E-state index is 14.3. The van der Waals surface area contributed by atoms with Gasteiger partial charge in [-0.3, -0.25) is 24.4 Å². The maximum absolute atomic E-state index is 14.3. The summed E-state index contributed by atoms with van der Waals surface area (Å²) in [6.45, 7) is 19.5. The van der Waals surface area contributed by atoms with Crippen molar-refractivity contribution >= 4 is 47.6 Å². The van der Waals surface area contributed by atoms with Crippen LogP contribution in [-0.4, -0.2) is 103 Å². The van der Waals surface area contributed by atoms with Gasteiger partial charge in [-0.1, -0.05) is 36.4 Å². The molecule has 0 bridgehead atoms. The Morgan fingerprint density at radius 1 is 0.803 bits per heavy atom. The van der Waals surface area contributed by atoms with Gasteiger partial charge in [0.2, 0.25) is 12.7 Å². The molecule has 0 radical (unpaired) electrons. The minimum absolute atomic E-state index is 0.100. The van der Waals surface area contributed by atoms with E-state index in [1.807, 2.05) is 0 Å². The van der Waals surface area contributed by atoms with Crippen molar-refractivity contribution in [3.05, 3.63) is 92.8 Å². The number of nitro groups is 1. The van der Waals surface area contributed by atoms with E-state index in [0.717, 1.165) is 5.56 Å². The largest absolute Gasteiger partial charge is 0.443 e. The van der Waals surface area contributed by atoms with Gasteiger partial charge in [0.25, 0.3) is 5.69 Å². The number of carbonyl (C=O) groups is 6. The zero-order valence-corrected chi connectivity index (χ0v) is 39.7. The number of ether oxygens (including phenoxy) is 5. The molecule has 20 heteroatoms. The van der Waals surface area contributed by atoms with E-state index in [0.29, 0.717) is 34.7 Å². The van der Waals surface area contributed by atoms with Crippen molar-refractivity contribution in [2.45, 2.75) is 138 Å². The molecular formula is C46H61N7O13. The summed E-state index contributed by atoms with van der Waals surface area (Å²) >= 11 is 0. The van der Waals surface area contributed by atoms with Gasteiger partial charge >= 0.3 is 30.2 Å². The topological polar surface area (TPSA) is 240 Å². The highest BCUT2D eigenvalue weighted by atomic mass is 16.7. The Morgan fingerprint density at radius 3 is 1.89 bits per heavy atom. The molecular weight excluding hydrogens is 859 g/mol. The third-order valence-electron chi connectivity index (χ3n) is 9.13. The molecule has 0 fully saturated rings. The molecule has 4 rings (SSSR count). The lowest BCUT2D eigenvalue weighted by Crippen LogP contribution is -2.49. The molecule has 1 aliphatic heterocycles. The molecule has 0 saturated carbocycles. The van der Waals surface area contributed by atoms with Crippen LogP contribution in [-0.2, 0) is 70.5 Å². The van der Waals surface area contributed by atoms with E-state index < -0.39 is 76.0 Å². The molecule has 1 aromatic heterocycles. The Morgan fingerprint density at radius 2 is 1.36 bits per heavy atom. The van der Waals surface area contributed by atoms with E-state index in [9.17, 15) is 38.9 Å². The Kier molecular flexibility index (Phi) is 16.6. The van der Waals surface area contributed by atoms with Gasteiger partial charge in [0.05, 0.1) is 22.1 Å². The van der Waals surface area contributed by atoms with E-state index in [1.54, 1.807) is 118 Å². The Labute approximate surface area is 384 Å². The zero-order valence-electron chi connectivity index (χ0n) is 39.7. The molecule has 4 amide bonds. The van der Waals surface area contributed by atoms with Crippen LogP contribution in [0.25, 0.3) is 0 Å². The van der Waals surface area contributed by atoms with Gasteiger partial charge in [-0.2, -0.15) is 15.0 Å². The van der Waals surface area contributed by atoms with E-state index >= 15 is 0 Å². The van der Waals surface area contributed by atoms with Crippen molar-refractivity contribution < 1.29 is 57.4 Å². The highest BCUT2D eigenvalue weighted by Gasteiger charge is 2.37. The first-order valence-corrected chi connectivity index (χ1v) is 21.3. The van der Waals surface area contributed by atoms with Crippen molar-refractivity contribution in [2.24, 2.45) is 10.4 Å². The number of aliphatic imine (C=N–C) groups is 1. The first kappa shape index (κ1) is 51.9. The van der Waals surface area contributed by atoms with Gasteiger partial charge < -0.3 is 33.9 Å². The molecule has 0 spiro atoms. The zero-order chi connectivity index (χ0) is 49.4. The number of rotatable bonds is 12. The van der Waals surface area contributed by atoms with E-state index in [1.165, 1.54) is 28.9 Å². The van der Waals surface area contributed by atoms with E-state index in [2.05, 4.69) is 15.4 Å². The molecule has 0 unspecified atom stereocenters. The number of nitrogens with zero attached hydrogens (tertiary/aromatic N) is 6. The second-order valence-corrected chi connectivity index (χ2v) is 19.6. The number of nitro benzene ring substituents is 1. The summed E-state index contributed by atoms with van der Waals surface area (Å²) in [5.41, 5.74) is -1.03. The standard InChI is InChI=1S/C46H61N7O13/c1-43(2,3)39(56)63-28-62-36(54)27-51-26-32-25-50(22-21-34(32)49-51)38(55)35(23-29-15-19-33(20-16-29)53(60)61)47-24-30-13-17-31(18-14-30)37(48-40(57)64-44(4,5)6)52(41(58)65-45(7,8)9)42(59)66-46(10,11)12/h13-20,26,35,47H,21-25,27-28H2,1-12H3/t35-/m0/s1. The Bertz CT molecular complexity index is 2270. The minimum Gasteiger partial charge on any atom is -0.443 e. The lowest BCUT2D eigenvalue weighted by atomic mass is 9.98. The third kappa shape index (κ3) is 16.1. The molecule has 1 N–H and O–H groups in total. The predicted octanol–water partition coefficient (Wildman–Crippen LogP) is 7.02. The summed E-state index contributed by atoms with van der Waals surface area (Å²) < 4.78 is 28.0. The number of amidine groups is 1. The van der Waals surface area contributed by atoms with Crippen LogP contribution in [0.4, 0.5) is 20.1 Å². The van der Waals surface area contributed by atoms with Crippen LogP contribution < -0.4 is 5.32 Å². The van der Waals surface area contributed by atoms with Crippen molar-refractivity contribution in [1.29, 1.82) is 0 Å². The quantitative estimate of drug-likeness (QED) is 0.0365. The highest BCUT2D eigenvalue weighted by Crippen LogP contribution is 2.23. The third-order valence-corrected chi connectivity index (χ3v) is 9.13. The summed E-state index contributed by atoms with van der Waals surface area (Å²) in [5, 5.41) is 19.2. The smallest absolute Gasteiger partial charge is 0.436 e. The van der Waals surface area contributed by atoms with Crippen LogP contribution in [0.5, 0.6) is 0 Å². The van der Waals surface area contributed by atoms with Crippen LogP contribution >= 0.6 is 0 Å². The number of imide groups is 1. The second kappa shape index (κ2) is 21.1. The molecule has 2 heterocycles. The minimum atomic E-state index is -1.15. The second-order valence-electron chi connectivity index (χ2n) is 19.6. The number of fused-ring (bicyclic) bond motifs is 1. The van der Waals surface area contributed by atoms with Crippen LogP contribution in [0.2, 0.25) is 0 Å². The number of esters is 2. The van der Waals surface area contributed by atoms with Gasteiger partial charge in [-0.25, -0.2) is 19.2 Å². The number of hydrogen-bond donors (Lipinski definition) is 1. The van der Waals surface area contributed by atoms with E-state index in [4.69, 9.17) is 23.7 Å². The number of non-ortho nitro benzene ring substituents is 1. The Balaban J connectivity index is 1.59. The van der Waals surface area contributed by atoms with Gasteiger partial charge in [-0.05, 0) is 101 Å². The van der Waals surface area contributed by atoms with Crippen molar-refractivity contribution in [2.75, 3.05) is 13.3 Å². The van der Waals surface area contributed by atoms with Crippen LogP contribution in [0.3, 0.4) is 0 Å².